The Morgan fingerprint density at radius 2 is 2.00 bits per heavy atom. The van der Waals surface area contributed by atoms with Gasteiger partial charge in [-0.05, 0) is 31.5 Å². The molecule has 1 aromatic rings. The van der Waals surface area contributed by atoms with Gasteiger partial charge < -0.3 is 14.8 Å². The van der Waals surface area contributed by atoms with E-state index in [4.69, 9.17) is 9.47 Å². The lowest BCUT2D eigenvalue weighted by molar-refractivity contribution is 0.0323. The first-order valence-electron chi connectivity index (χ1n) is 5.17. The topological polar surface area (TPSA) is 30.5 Å². The molecule has 0 aromatic heterocycles. The van der Waals surface area contributed by atoms with E-state index in [0.717, 1.165) is 24.6 Å². The molecule has 0 radical (unpaired) electrons. The quantitative estimate of drug-likeness (QED) is 0.819. The summed E-state index contributed by atoms with van der Waals surface area (Å²) in [6, 6.07) is 6.00. The van der Waals surface area contributed by atoms with Crippen LogP contribution in [0, 0.1) is 6.92 Å². The first-order chi connectivity index (χ1) is 7.13. The third-order valence-electron chi connectivity index (χ3n) is 2.67. The second-order valence-electron chi connectivity index (χ2n) is 4.31. The lowest BCUT2D eigenvalue weighted by Crippen LogP contribution is -2.61. The highest BCUT2D eigenvalue weighted by Crippen LogP contribution is 2.31. The van der Waals surface area contributed by atoms with Crippen LogP contribution in [0.5, 0.6) is 11.5 Å². The number of hydrogen-bond donors (Lipinski definition) is 1. The minimum absolute atomic E-state index is 0.0808. The summed E-state index contributed by atoms with van der Waals surface area (Å²) in [6.45, 7) is 5.93. The highest BCUT2D eigenvalue weighted by molar-refractivity contribution is 5.43. The number of nitrogens with one attached hydrogen (secondary N) is 1. The number of hydrogen-bond acceptors (Lipinski definition) is 3. The highest BCUT2D eigenvalue weighted by atomic mass is 16.5. The number of aryl methyl sites for hydroxylation is 1. The molecule has 1 heterocycles. The molecule has 3 nitrogen and oxygen atoms in total. The van der Waals surface area contributed by atoms with Gasteiger partial charge in [-0.2, -0.15) is 0 Å². The van der Waals surface area contributed by atoms with Crippen LogP contribution in [0.2, 0.25) is 0 Å². The van der Waals surface area contributed by atoms with Crippen molar-refractivity contribution in [2.45, 2.75) is 19.4 Å². The van der Waals surface area contributed by atoms with E-state index in [1.54, 1.807) is 7.11 Å². The van der Waals surface area contributed by atoms with Gasteiger partial charge in [0.25, 0.3) is 0 Å². The molecule has 1 aliphatic rings. The molecule has 0 amide bonds. The fourth-order valence-electron chi connectivity index (χ4n) is 1.67. The van der Waals surface area contributed by atoms with Gasteiger partial charge in [0.05, 0.1) is 7.11 Å². The molecule has 0 bridgehead atoms. The van der Waals surface area contributed by atoms with Gasteiger partial charge in [0, 0.05) is 13.1 Å². The maximum atomic E-state index is 5.93. The van der Waals surface area contributed by atoms with Crippen LogP contribution in [0.15, 0.2) is 18.2 Å². The Labute approximate surface area is 90.4 Å². The maximum absolute atomic E-state index is 5.93. The molecule has 0 unspecified atom stereocenters. The van der Waals surface area contributed by atoms with E-state index in [2.05, 4.69) is 12.2 Å². The smallest absolute Gasteiger partial charge is 0.162 e. The number of ether oxygens (including phenoxy) is 2. The molecule has 82 valence electrons. The number of rotatable bonds is 3. The lowest BCUT2D eigenvalue weighted by atomic mass is 10.00. The van der Waals surface area contributed by atoms with Gasteiger partial charge in [-0.25, -0.2) is 0 Å². The summed E-state index contributed by atoms with van der Waals surface area (Å²) < 4.78 is 11.2. The molecule has 2 rings (SSSR count). The van der Waals surface area contributed by atoms with Gasteiger partial charge in [0.2, 0.25) is 0 Å². The summed E-state index contributed by atoms with van der Waals surface area (Å²) in [4.78, 5) is 0. The average molecular weight is 207 g/mol. The summed E-state index contributed by atoms with van der Waals surface area (Å²) in [5.41, 5.74) is 1.10. The molecule has 0 saturated carbocycles. The van der Waals surface area contributed by atoms with Crippen LogP contribution in [-0.4, -0.2) is 25.8 Å². The Balaban J connectivity index is 2.20. The third kappa shape index (κ3) is 2.07. The number of methoxy groups -OCH3 is 1. The molecule has 1 aromatic carbocycles. The summed E-state index contributed by atoms with van der Waals surface area (Å²) in [5, 5.41) is 3.21. The van der Waals surface area contributed by atoms with Crippen LogP contribution >= 0.6 is 0 Å². The van der Waals surface area contributed by atoms with Crippen LogP contribution in [-0.2, 0) is 0 Å². The molecule has 3 heteroatoms. The van der Waals surface area contributed by atoms with Crippen LogP contribution in [0.1, 0.15) is 12.5 Å². The van der Waals surface area contributed by atoms with E-state index in [0.29, 0.717) is 0 Å². The standard InChI is InChI=1S/C12H17NO2/c1-9-4-5-10(11(6-9)14-3)15-12(2)7-13-8-12/h4-6,13H,7-8H2,1-3H3. The van der Waals surface area contributed by atoms with E-state index in [1.807, 2.05) is 25.1 Å². The molecule has 15 heavy (non-hydrogen) atoms. The molecule has 0 aliphatic carbocycles. The van der Waals surface area contributed by atoms with E-state index >= 15 is 0 Å². The fraction of sp³-hybridized carbons (Fsp3) is 0.500. The molecule has 1 fully saturated rings. The Bertz CT molecular complexity index is 359. The van der Waals surface area contributed by atoms with Crippen molar-refractivity contribution in [3.05, 3.63) is 23.8 Å². The minimum Gasteiger partial charge on any atom is -0.493 e. The Kier molecular flexibility index (Phi) is 2.57. The zero-order chi connectivity index (χ0) is 10.9. The van der Waals surface area contributed by atoms with Crippen LogP contribution in [0.25, 0.3) is 0 Å². The SMILES string of the molecule is COc1cc(C)ccc1OC1(C)CNC1. The lowest BCUT2D eigenvalue weighted by Gasteiger charge is -2.39. The third-order valence-corrected chi connectivity index (χ3v) is 2.67. The Hall–Kier alpha value is -1.22. The van der Waals surface area contributed by atoms with Crippen LogP contribution in [0.4, 0.5) is 0 Å². The molecule has 0 atom stereocenters. The predicted molar refractivity (Wildman–Crippen MR) is 59.6 cm³/mol. The van der Waals surface area contributed by atoms with Crippen molar-refractivity contribution in [2.75, 3.05) is 20.2 Å². The van der Waals surface area contributed by atoms with E-state index in [-0.39, 0.29) is 5.60 Å². The zero-order valence-corrected chi connectivity index (χ0v) is 9.46. The van der Waals surface area contributed by atoms with Crippen molar-refractivity contribution >= 4 is 0 Å². The number of benzene rings is 1. The molecule has 0 spiro atoms. The highest BCUT2D eigenvalue weighted by Gasteiger charge is 2.34. The average Bonchev–Trinajstić information content (AvgIpc) is 2.18. The molecule has 1 aliphatic heterocycles. The monoisotopic (exact) mass is 207 g/mol. The van der Waals surface area contributed by atoms with Gasteiger partial charge >= 0.3 is 0 Å². The van der Waals surface area contributed by atoms with Gasteiger partial charge in [0.1, 0.15) is 5.60 Å². The van der Waals surface area contributed by atoms with E-state index in [9.17, 15) is 0 Å². The van der Waals surface area contributed by atoms with E-state index < -0.39 is 0 Å². The molecular weight excluding hydrogens is 190 g/mol. The normalized spacial score (nSPS) is 18.1. The zero-order valence-electron chi connectivity index (χ0n) is 9.46. The summed E-state index contributed by atoms with van der Waals surface area (Å²) >= 11 is 0. The Morgan fingerprint density at radius 1 is 1.27 bits per heavy atom. The van der Waals surface area contributed by atoms with Crippen molar-refractivity contribution in [1.82, 2.24) is 5.32 Å². The second kappa shape index (κ2) is 3.74. The van der Waals surface area contributed by atoms with Gasteiger partial charge in [-0.1, -0.05) is 6.07 Å². The largest absolute Gasteiger partial charge is 0.493 e. The van der Waals surface area contributed by atoms with Gasteiger partial charge in [-0.15, -0.1) is 0 Å². The van der Waals surface area contributed by atoms with Crippen molar-refractivity contribution in [2.24, 2.45) is 0 Å². The summed E-state index contributed by atoms with van der Waals surface area (Å²) in [7, 11) is 1.67. The Morgan fingerprint density at radius 3 is 2.53 bits per heavy atom. The summed E-state index contributed by atoms with van der Waals surface area (Å²) in [6.07, 6.45) is 0. The first kappa shape index (κ1) is 10.3. The second-order valence-corrected chi connectivity index (χ2v) is 4.31. The van der Waals surface area contributed by atoms with Crippen molar-refractivity contribution in [1.29, 1.82) is 0 Å². The first-order valence-corrected chi connectivity index (χ1v) is 5.17. The molecular formula is C12H17NO2. The van der Waals surface area contributed by atoms with Crippen LogP contribution < -0.4 is 14.8 Å². The maximum Gasteiger partial charge on any atom is 0.162 e. The van der Waals surface area contributed by atoms with Crippen molar-refractivity contribution in [3.8, 4) is 11.5 Å². The predicted octanol–water partition coefficient (Wildman–Crippen LogP) is 1.74. The minimum atomic E-state index is -0.0808. The fourth-order valence-corrected chi connectivity index (χ4v) is 1.67. The van der Waals surface area contributed by atoms with E-state index in [1.165, 1.54) is 5.56 Å². The van der Waals surface area contributed by atoms with Gasteiger partial charge in [0.15, 0.2) is 11.5 Å². The van der Waals surface area contributed by atoms with Crippen molar-refractivity contribution < 1.29 is 9.47 Å². The van der Waals surface area contributed by atoms with Crippen LogP contribution in [0.3, 0.4) is 0 Å². The van der Waals surface area contributed by atoms with Gasteiger partial charge in [-0.3, -0.25) is 0 Å². The molecule has 1 saturated heterocycles. The van der Waals surface area contributed by atoms with Crippen molar-refractivity contribution in [3.63, 3.8) is 0 Å². The summed E-state index contributed by atoms with van der Waals surface area (Å²) in [5.74, 6) is 1.63. The molecule has 1 N–H and O–H groups in total.